The van der Waals surface area contributed by atoms with Crippen molar-refractivity contribution in [3.8, 4) is 28.4 Å². The van der Waals surface area contributed by atoms with E-state index in [2.05, 4.69) is 117 Å². The van der Waals surface area contributed by atoms with Gasteiger partial charge in [0.25, 0.3) is 0 Å². The van der Waals surface area contributed by atoms with Crippen LogP contribution in [0.15, 0.2) is 96.2 Å². The van der Waals surface area contributed by atoms with Crippen LogP contribution in [0.2, 0.25) is 0 Å². The molecule has 0 bridgehead atoms. The molecule has 6 nitrogen and oxygen atoms in total. The molecule has 0 radical (unpaired) electrons. The van der Waals surface area contributed by atoms with Crippen molar-refractivity contribution in [2.45, 2.75) is 27.7 Å². The highest BCUT2D eigenvalue weighted by molar-refractivity contribution is 5.91. The first-order chi connectivity index (χ1) is 19.9. The summed E-state index contributed by atoms with van der Waals surface area (Å²) in [5.74, 6) is 1.38. The molecule has 6 heteroatoms. The summed E-state index contributed by atoms with van der Waals surface area (Å²) in [5, 5.41) is 15.1. The third-order valence-electron chi connectivity index (χ3n) is 7.96. The second-order valence-corrected chi connectivity index (χ2v) is 10.5. The molecular weight excluding hydrogens is 506 g/mol. The van der Waals surface area contributed by atoms with Gasteiger partial charge in [0.2, 0.25) is 0 Å². The molecule has 1 aliphatic rings. The molecule has 1 aliphatic heterocycles. The van der Waals surface area contributed by atoms with E-state index >= 15 is 0 Å². The molecule has 2 aromatic heterocycles. The summed E-state index contributed by atoms with van der Waals surface area (Å²) >= 11 is 0. The molecule has 0 unspecified atom stereocenters. The molecule has 3 heterocycles. The van der Waals surface area contributed by atoms with E-state index in [0.717, 1.165) is 33.4 Å². The van der Waals surface area contributed by atoms with Crippen LogP contribution < -0.4 is 14.9 Å². The summed E-state index contributed by atoms with van der Waals surface area (Å²) in [6.07, 6.45) is 8.44. The van der Waals surface area contributed by atoms with Gasteiger partial charge < -0.3 is 9.64 Å². The fourth-order valence-corrected chi connectivity index (χ4v) is 5.57. The molecule has 0 saturated carbocycles. The van der Waals surface area contributed by atoms with Gasteiger partial charge in [-0.2, -0.15) is 9.61 Å². The highest BCUT2D eigenvalue weighted by Gasteiger charge is 2.21. The predicted octanol–water partition coefficient (Wildman–Crippen LogP) is 6.97. The summed E-state index contributed by atoms with van der Waals surface area (Å²) in [6.45, 7) is 8.58. The number of ether oxygens (including phenoxy) is 1. The van der Waals surface area contributed by atoms with Gasteiger partial charge in [0.05, 0.1) is 12.7 Å². The summed E-state index contributed by atoms with van der Waals surface area (Å²) in [5.41, 5.74) is 12.1. The summed E-state index contributed by atoms with van der Waals surface area (Å²) in [7, 11) is 3.79. The smallest absolute Gasteiger partial charge is 0.189 e. The summed E-state index contributed by atoms with van der Waals surface area (Å²) in [4.78, 5) is 2.25. The van der Waals surface area contributed by atoms with Gasteiger partial charge in [0, 0.05) is 34.8 Å². The molecule has 0 amide bonds. The van der Waals surface area contributed by atoms with E-state index in [0.29, 0.717) is 11.5 Å². The minimum absolute atomic E-state index is 0.647. The molecule has 0 fully saturated rings. The third-order valence-corrected chi connectivity index (χ3v) is 7.96. The Hall–Kier alpha value is -4.97. The second kappa shape index (κ2) is 10.5. The molecule has 204 valence electrons. The van der Waals surface area contributed by atoms with Crippen LogP contribution in [-0.4, -0.2) is 34.0 Å². The number of benzene rings is 3. The maximum absolute atomic E-state index is 5.62. The molecule has 0 atom stereocenters. The third kappa shape index (κ3) is 4.51. The van der Waals surface area contributed by atoms with Crippen LogP contribution in [0.25, 0.3) is 39.9 Å². The van der Waals surface area contributed by atoms with Crippen LogP contribution in [0.3, 0.4) is 0 Å². The van der Waals surface area contributed by atoms with Gasteiger partial charge in [0.1, 0.15) is 11.4 Å². The molecule has 6 rings (SSSR count). The van der Waals surface area contributed by atoms with Crippen molar-refractivity contribution < 1.29 is 4.74 Å². The average molecular weight is 540 g/mol. The Bertz CT molecular complexity index is 1940. The van der Waals surface area contributed by atoms with E-state index in [1.165, 1.54) is 33.7 Å². The molecule has 0 saturated heterocycles. The number of fused-ring (bicyclic) bond motifs is 2. The van der Waals surface area contributed by atoms with Crippen LogP contribution in [-0.2, 0) is 0 Å². The number of hydrogen-bond donors (Lipinski definition) is 0. The fraction of sp³-hybridized carbons (Fsp3) is 0.171. The fourth-order valence-electron chi connectivity index (χ4n) is 5.57. The first-order valence-electron chi connectivity index (χ1n) is 13.7. The topological polar surface area (TPSA) is 55.6 Å². The first-order valence-corrected chi connectivity index (χ1v) is 13.7. The molecule has 0 N–H and O–H groups in total. The molecule has 41 heavy (non-hydrogen) atoms. The second-order valence-electron chi connectivity index (χ2n) is 10.5. The number of rotatable bonds is 5. The van der Waals surface area contributed by atoms with Crippen molar-refractivity contribution in [1.29, 1.82) is 0 Å². The van der Waals surface area contributed by atoms with Crippen LogP contribution in [0.1, 0.15) is 30.5 Å². The lowest BCUT2D eigenvalue weighted by atomic mass is 9.91. The van der Waals surface area contributed by atoms with Crippen molar-refractivity contribution >= 4 is 23.0 Å². The van der Waals surface area contributed by atoms with Crippen molar-refractivity contribution in [3.05, 3.63) is 118 Å². The van der Waals surface area contributed by atoms with Crippen molar-refractivity contribution in [3.63, 3.8) is 0 Å². The zero-order valence-electron chi connectivity index (χ0n) is 24.3. The van der Waals surface area contributed by atoms with Crippen LogP contribution >= 0.6 is 0 Å². The Kier molecular flexibility index (Phi) is 6.75. The number of hydrogen-bond acceptors (Lipinski definition) is 5. The van der Waals surface area contributed by atoms with Gasteiger partial charge in [-0.15, -0.1) is 10.2 Å². The number of anilines is 1. The van der Waals surface area contributed by atoms with Crippen molar-refractivity contribution in [2.75, 3.05) is 19.1 Å². The lowest BCUT2D eigenvalue weighted by molar-refractivity contribution is 0.416. The Morgan fingerprint density at radius 2 is 1.51 bits per heavy atom. The van der Waals surface area contributed by atoms with Crippen molar-refractivity contribution in [1.82, 2.24) is 19.8 Å². The summed E-state index contributed by atoms with van der Waals surface area (Å²) in [6, 6.07) is 22.8. The number of allylic oxidation sites excluding steroid dienone is 6. The van der Waals surface area contributed by atoms with E-state index in [1.807, 2.05) is 28.8 Å². The molecular formula is C35H33N5O. The Morgan fingerprint density at radius 3 is 2.29 bits per heavy atom. The average Bonchev–Trinajstić information content (AvgIpc) is 3.55. The number of aromatic nitrogens is 4. The monoisotopic (exact) mass is 539 g/mol. The van der Waals surface area contributed by atoms with E-state index in [4.69, 9.17) is 9.84 Å². The van der Waals surface area contributed by atoms with Crippen LogP contribution in [0, 0.1) is 13.8 Å². The van der Waals surface area contributed by atoms with Gasteiger partial charge in [-0.3, -0.25) is 0 Å². The number of nitrogens with zero attached hydrogens (tertiary/aromatic N) is 5. The van der Waals surface area contributed by atoms with E-state index < -0.39 is 0 Å². The minimum atomic E-state index is 0.647. The highest BCUT2D eigenvalue weighted by Crippen LogP contribution is 2.39. The first kappa shape index (κ1) is 26.3. The van der Waals surface area contributed by atoms with Gasteiger partial charge >= 0.3 is 0 Å². The number of aryl methyl sites for hydroxylation is 2. The van der Waals surface area contributed by atoms with E-state index in [-0.39, 0.29) is 0 Å². The van der Waals surface area contributed by atoms with Crippen molar-refractivity contribution in [2.24, 2.45) is 0 Å². The van der Waals surface area contributed by atoms with Gasteiger partial charge in [-0.05, 0) is 68.7 Å². The number of para-hydroxylation sites is 2. The van der Waals surface area contributed by atoms with Crippen LogP contribution in [0.4, 0.5) is 5.69 Å². The predicted molar refractivity (Wildman–Crippen MR) is 168 cm³/mol. The Labute approximate surface area is 240 Å². The lowest BCUT2D eigenvalue weighted by Crippen LogP contribution is -2.21. The normalized spacial score (nSPS) is 15.0. The SMILES string of the molecule is COc1ccccc1-c1nnc2\c(=C/C=C/C=C3\C(C)=C(C)N(C)c4ccccc43)c(-c3ccc(C)cc3C)nn12. The standard InChI is InChI=1S/C35H33N5O/c1-22-19-20-26(23(2)21-22)33-30(35-37-36-34(40(35)38-33)29-15-10-12-18-32(29)41-6)16-8-7-13-27-24(3)25(4)39(5)31-17-11-9-14-28(27)31/h7-21H,1-6H3/b8-7+,27-13+,30-16-. The highest BCUT2D eigenvalue weighted by atomic mass is 16.5. The van der Waals surface area contributed by atoms with E-state index in [9.17, 15) is 0 Å². The Balaban J connectivity index is 1.51. The van der Waals surface area contributed by atoms with Gasteiger partial charge in [-0.1, -0.05) is 72.3 Å². The Morgan fingerprint density at radius 1 is 0.780 bits per heavy atom. The van der Waals surface area contributed by atoms with Crippen LogP contribution in [0.5, 0.6) is 5.75 Å². The maximum Gasteiger partial charge on any atom is 0.189 e. The molecule has 3 aromatic carbocycles. The van der Waals surface area contributed by atoms with E-state index in [1.54, 1.807) is 7.11 Å². The quantitative estimate of drug-likeness (QED) is 0.242. The van der Waals surface area contributed by atoms with Gasteiger partial charge in [-0.25, -0.2) is 0 Å². The minimum Gasteiger partial charge on any atom is -0.496 e. The number of methoxy groups -OCH3 is 1. The van der Waals surface area contributed by atoms with Gasteiger partial charge in [0.15, 0.2) is 11.5 Å². The summed E-state index contributed by atoms with van der Waals surface area (Å²) < 4.78 is 7.44. The zero-order chi connectivity index (χ0) is 28.7. The lowest BCUT2D eigenvalue weighted by Gasteiger charge is -2.31. The molecule has 5 aromatic rings. The largest absolute Gasteiger partial charge is 0.496 e. The maximum atomic E-state index is 5.62. The molecule has 0 spiro atoms. The molecule has 0 aliphatic carbocycles. The zero-order valence-corrected chi connectivity index (χ0v) is 24.3.